The molecule has 0 bridgehead atoms. The fourth-order valence-corrected chi connectivity index (χ4v) is 2.95. The average molecular weight is 338 g/mol. The Labute approximate surface area is 143 Å². The number of nitrogens with zero attached hydrogens (tertiary/aromatic N) is 1. The van der Waals surface area contributed by atoms with Crippen LogP contribution in [0.1, 0.15) is 52.4 Å². The number of rotatable bonds is 7. The van der Waals surface area contributed by atoms with Crippen molar-refractivity contribution in [2.75, 3.05) is 19.6 Å². The molecular formula is C17H30N4O3. The lowest BCUT2D eigenvalue weighted by molar-refractivity contribution is -0.129. The number of piperidine rings is 1. The van der Waals surface area contributed by atoms with Crippen molar-refractivity contribution in [2.24, 2.45) is 5.92 Å². The van der Waals surface area contributed by atoms with Crippen molar-refractivity contribution in [3.05, 3.63) is 0 Å². The Morgan fingerprint density at radius 1 is 1.12 bits per heavy atom. The van der Waals surface area contributed by atoms with Crippen LogP contribution >= 0.6 is 0 Å². The first-order valence-electron chi connectivity index (χ1n) is 9.11. The Morgan fingerprint density at radius 2 is 1.88 bits per heavy atom. The van der Waals surface area contributed by atoms with Crippen LogP contribution in [0.15, 0.2) is 0 Å². The number of unbranched alkanes of at least 4 members (excludes halogenated alkanes) is 1. The van der Waals surface area contributed by atoms with Gasteiger partial charge in [-0.3, -0.25) is 19.8 Å². The minimum Gasteiger partial charge on any atom is -0.356 e. The minimum absolute atomic E-state index is 0.0761. The zero-order valence-electron chi connectivity index (χ0n) is 14.8. The predicted molar refractivity (Wildman–Crippen MR) is 91.4 cm³/mol. The second-order valence-corrected chi connectivity index (χ2v) is 6.99. The first-order valence-corrected chi connectivity index (χ1v) is 9.11. The third kappa shape index (κ3) is 6.11. The molecule has 7 heteroatoms. The molecular weight excluding hydrogens is 308 g/mol. The van der Waals surface area contributed by atoms with Crippen LogP contribution in [0.2, 0.25) is 0 Å². The Morgan fingerprint density at radius 3 is 2.54 bits per heavy atom. The Bertz CT molecular complexity index is 465. The van der Waals surface area contributed by atoms with Crippen molar-refractivity contribution in [1.82, 2.24) is 20.9 Å². The van der Waals surface area contributed by atoms with E-state index in [0.717, 1.165) is 38.5 Å². The summed E-state index contributed by atoms with van der Waals surface area (Å²) in [7, 11) is 0. The van der Waals surface area contributed by atoms with Gasteiger partial charge < -0.3 is 10.6 Å². The Balaban J connectivity index is 1.76. The smallest absolute Gasteiger partial charge is 0.321 e. The number of hydrogen-bond acceptors (Lipinski definition) is 4. The van der Waals surface area contributed by atoms with E-state index in [0.29, 0.717) is 13.1 Å². The summed E-state index contributed by atoms with van der Waals surface area (Å²) in [4.78, 5) is 37.9. The first-order chi connectivity index (χ1) is 11.5. The highest BCUT2D eigenvalue weighted by Crippen LogP contribution is 2.22. The van der Waals surface area contributed by atoms with Gasteiger partial charge in [0.1, 0.15) is 0 Å². The summed E-state index contributed by atoms with van der Waals surface area (Å²) in [6.07, 6.45) is 5.74. The molecule has 7 nitrogen and oxygen atoms in total. The fraction of sp³-hybridized carbons (Fsp3) is 0.824. The summed E-state index contributed by atoms with van der Waals surface area (Å²) in [5.41, 5.74) is 0. The maximum absolute atomic E-state index is 12.2. The van der Waals surface area contributed by atoms with Gasteiger partial charge in [-0.25, -0.2) is 4.79 Å². The second-order valence-electron chi connectivity index (χ2n) is 6.99. The molecule has 136 valence electrons. The molecule has 24 heavy (non-hydrogen) atoms. The number of urea groups is 1. The van der Waals surface area contributed by atoms with Crippen LogP contribution in [-0.2, 0) is 9.59 Å². The van der Waals surface area contributed by atoms with Gasteiger partial charge >= 0.3 is 6.03 Å². The molecule has 1 saturated heterocycles. The molecule has 0 aromatic heterocycles. The van der Waals surface area contributed by atoms with Gasteiger partial charge in [-0.05, 0) is 39.0 Å². The predicted octanol–water partition coefficient (Wildman–Crippen LogP) is 0.991. The number of amides is 4. The van der Waals surface area contributed by atoms with Crippen LogP contribution < -0.4 is 16.0 Å². The van der Waals surface area contributed by atoms with Crippen LogP contribution in [0.4, 0.5) is 4.79 Å². The maximum atomic E-state index is 12.2. The lowest BCUT2D eigenvalue weighted by Crippen LogP contribution is -2.51. The van der Waals surface area contributed by atoms with Gasteiger partial charge in [0.15, 0.2) is 0 Å². The van der Waals surface area contributed by atoms with E-state index in [1.807, 2.05) is 4.90 Å². The van der Waals surface area contributed by atoms with E-state index in [2.05, 4.69) is 29.8 Å². The molecule has 2 aliphatic rings. The summed E-state index contributed by atoms with van der Waals surface area (Å²) in [5.74, 6) is -0.314. The summed E-state index contributed by atoms with van der Waals surface area (Å²) in [5, 5.41) is 8.08. The van der Waals surface area contributed by atoms with Crippen LogP contribution in [-0.4, -0.2) is 54.5 Å². The lowest BCUT2D eigenvalue weighted by atomic mass is 9.92. The Kier molecular flexibility index (Phi) is 7.02. The van der Waals surface area contributed by atoms with Crippen molar-refractivity contribution in [3.8, 4) is 0 Å². The van der Waals surface area contributed by atoms with Crippen molar-refractivity contribution in [2.45, 2.75) is 64.5 Å². The highest BCUT2D eigenvalue weighted by Gasteiger charge is 2.31. The lowest BCUT2D eigenvalue weighted by Gasteiger charge is -2.36. The van der Waals surface area contributed by atoms with Crippen molar-refractivity contribution in [3.63, 3.8) is 0 Å². The van der Waals surface area contributed by atoms with Gasteiger partial charge in [0.25, 0.3) is 0 Å². The van der Waals surface area contributed by atoms with Crippen LogP contribution in [0.5, 0.6) is 0 Å². The molecule has 4 amide bonds. The van der Waals surface area contributed by atoms with E-state index in [9.17, 15) is 14.4 Å². The van der Waals surface area contributed by atoms with Gasteiger partial charge in [0.05, 0.1) is 12.5 Å². The molecule has 0 radical (unpaired) electrons. The molecule has 2 atom stereocenters. The molecule has 0 spiro atoms. The second kappa shape index (κ2) is 9.01. The molecule has 2 fully saturated rings. The van der Waals surface area contributed by atoms with Crippen molar-refractivity contribution < 1.29 is 14.4 Å². The molecule has 1 heterocycles. The van der Waals surface area contributed by atoms with Gasteiger partial charge in [-0.2, -0.15) is 0 Å². The third-order valence-electron chi connectivity index (χ3n) is 4.72. The molecule has 1 aliphatic heterocycles. The Hall–Kier alpha value is -1.63. The normalized spacial score (nSPS) is 24.2. The van der Waals surface area contributed by atoms with Gasteiger partial charge in [-0.15, -0.1) is 0 Å². The zero-order valence-corrected chi connectivity index (χ0v) is 14.8. The van der Waals surface area contributed by atoms with E-state index in [-0.39, 0.29) is 36.4 Å². The number of hydrogen-bond donors (Lipinski definition) is 3. The standard InChI is InChI=1S/C17H30N4O3/c1-3-4-9-18-16(23)13-6-5-12(2)21(10-13)11-15(22)20-17(24)19-14-7-8-14/h12-14H,3-11H2,1-2H3,(H,18,23)(H2,19,20,22,24). The minimum atomic E-state index is -0.416. The average Bonchev–Trinajstić information content (AvgIpc) is 3.33. The molecule has 0 aromatic carbocycles. The molecule has 2 unspecified atom stereocenters. The number of nitrogens with one attached hydrogen (secondary N) is 3. The first kappa shape index (κ1) is 18.7. The number of likely N-dealkylation sites (tertiary alicyclic amines) is 1. The van der Waals surface area contributed by atoms with E-state index < -0.39 is 6.03 Å². The molecule has 3 N–H and O–H groups in total. The molecule has 2 rings (SSSR count). The highest BCUT2D eigenvalue weighted by atomic mass is 16.2. The summed E-state index contributed by atoms with van der Waals surface area (Å²) < 4.78 is 0. The zero-order chi connectivity index (χ0) is 17.5. The van der Waals surface area contributed by atoms with Gasteiger partial charge in [0, 0.05) is 25.2 Å². The van der Waals surface area contributed by atoms with Crippen molar-refractivity contribution >= 4 is 17.8 Å². The van der Waals surface area contributed by atoms with E-state index in [1.165, 1.54) is 0 Å². The van der Waals surface area contributed by atoms with E-state index >= 15 is 0 Å². The number of carbonyl (C=O) groups is 3. The molecule has 1 aliphatic carbocycles. The molecule has 0 aromatic rings. The summed E-state index contributed by atoms with van der Waals surface area (Å²) >= 11 is 0. The number of carbonyl (C=O) groups excluding carboxylic acids is 3. The van der Waals surface area contributed by atoms with Gasteiger partial charge in [0.2, 0.25) is 11.8 Å². The fourth-order valence-electron chi connectivity index (χ4n) is 2.95. The summed E-state index contributed by atoms with van der Waals surface area (Å²) in [6, 6.07) is 0.0471. The van der Waals surface area contributed by atoms with E-state index in [4.69, 9.17) is 0 Å². The third-order valence-corrected chi connectivity index (χ3v) is 4.72. The van der Waals surface area contributed by atoms with Gasteiger partial charge in [-0.1, -0.05) is 13.3 Å². The van der Waals surface area contributed by atoms with Crippen LogP contribution in [0.25, 0.3) is 0 Å². The van der Waals surface area contributed by atoms with E-state index in [1.54, 1.807) is 0 Å². The largest absolute Gasteiger partial charge is 0.356 e. The number of imide groups is 1. The summed E-state index contributed by atoms with van der Waals surface area (Å²) in [6.45, 7) is 5.58. The highest BCUT2D eigenvalue weighted by molar-refractivity contribution is 5.95. The van der Waals surface area contributed by atoms with Crippen LogP contribution in [0.3, 0.4) is 0 Å². The van der Waals surface area contributed by atoms with Crippen molar-refractivity contribution in [1.29, 1.82) is 0 Å². The maximum Gasteiger partial charge on any atom is 0.321 e. The van der Waals surface area contributed by atoms with Crippen LogP contribution in [0, 0.1) is 5.92 Å². The SMILES string of the molecule is CCCCNC(=O)C1CCC(C)N(CC(=O)NC(=O)NC2CC2)C1. The molecule has 1 saturated carbocycles. The monoisotopic (exact) mass is 338 g/mol. The topological polar surface area (TPSA) is 90.5 Å². The quantitative estimate of drug-likeness (QED) is 0.604.